The molecule has 0 spiro atoms. The molecule has 0 fully saturated rings. The van der Waals surface area contributed by atoms with Gasteiger partial charge in [0, 0.05) is 15.3 Å². The van der Waals surface area contributed by atoms with E-state index >= 15 is 0 Å². The van der Waals surface area contributed by atoms with E-state index in [2.05, 4.69) is 43.8 Å². The van der Waals surface area contributed by atoms with Crippen LogP contribution in [0.5, 0.6) is 0 Å². The van der Waals surface area contributed by atoms with Gasteiger partial charge in [-0.25, -0.2) is 0 Å². The normalized spacial score (nSPS) is 10.2. The van der Waals surface area contributed by atoms with E-state index in [1.54, 1.807) is 18.2 Å². The van der Waals surface area contributed by atoms with Gasteiger partial charge in [0.05, 0.1) is 15.0 Å². The molecule has 1 amide bonds. The summed E-state index contributed by atoms with van der Waals surface area (Å²) in [6.45, 7) is 1.92. The fraction of sp³-hybridized carbons (Fsp3) is 0.0714. The van der Waals surface area contributed by atoms with Crippen molar-refractivity contribution in [1.29, 1.82) is 0 Å². The van der Waals surface area contributed by atoms with Crippen molar-refractivity contribution in [2.75, 3.05) is 5.32 Å². The van der Waals surface area contributed by atoms with Crippen molar-refractivity contribution in [3.05, 3.63) is 65.7 Å². The lowest BCUT2D eigenvalue weighted by molar-refractivity contribution is -0.385. The quantitative estimate of drug-likeness (QED) is 0.415. The van der Waals surface area contributed by atoms with Crippen LogP contribution in [0.15, 0.2) is 40.9 Å². The first kappa shape index (κ1) is 15.9. The van der Waals surface area contributed by atoms with Crippen molar-refractivity contribution < 1.29 is 9.72 Å². The molecule has 0 aromatic heterocycles. The molecule has 1 N–H and O–H groups in total. The molecule has 0 bridgehead atoms. The summed E-state index contributed by atoms with van der Waals surface area (Å²) in [7, 11) is 0. The number of nitro benzene ring substituents is 1. The van der Waals surface area contributed by atoms with Crippen LogP contribution in [0.25, 0.3) is 0 Å². The zero-order valence-electron chi connectivity index (χ0n) is 10.9. The Labute approximate surface area is 143 Å². The minimum atomic E-state index is -0.504. The molecule has 0 saturated heterocycles. The Balaban J connectivity index is 2.30. The van der Waals surface area contributed by atoms with E-state index in [9.17, 15) is 14.9 Å². The van der Waals surface area contributed by atoms with Crippen molar-refractivity contribution in [2.24, 2.45) is 0 Å². The van der Waals surface area contributed by atoms with Crippen LogP contribution in [-0.2, 0) is 0 Å². The Hall–Kier alpha value is -1.48. The van der Waals surface area contributed by atoms with Gasteiger partial charge in [-0.1, -0.05) is 12.1 Å². The van der Waals surface area contributed by atoms with Gasteiger partial charge in [0.25, 0.3) is 11.6 Å². The standard InChI is InChI=1S/C14H10BrIN2O3/c1-8-3-2-4-10(13(8)16)14(19)17-9-5-6-11(15)12(7-9)18(20)21/h2-7H,1H3,(H,17,19). The number of anilines is 1. The highest BCUT2D eigenvalue weighted by molar-refractivity contribution is 14.1. The number of amides is 1. The van der Waals surface area contributed by atoms with Gasteiger partial charge in [-0.15, -0.1) is 0 Å². The van der Waals surface area contributed by atoms with Gasteiger partial charge in [-0.3, -0.25) is 14.9 Å². The van der Waals surface area contributed by atoms with Crippen LogP contribution < -0.4 is 5.32 Å². The zero-order valence-corrected chi connectivity index (χ0v) is 14.6. The first-order valence-corrected chi connectivity index (χ1v) is 7.77. The van der Waals surface area contributed by atoms with Gasteiger partial charge >= 0.3 is 0 Å². The molecule has 0 heterocycles. The van der Waals surface area contributed by atoms with Crippen molar-refractivity contribution in [3.63, 3.8) is 0 Å². The van der Waals surface area contributed by atoms with Crippen LogP contribution in [-0.4, -0.2) is 10.8 Å². The first-order chi connectivity index (χ1) is 9.90. The monoisotopic (exact) mass is 460 g/mol. The van der Waals surface area contributed by atoms with E-state index in [0.29, 0.717) is 15.7 Å². The second-order valence-corrected chi connectivity index (χ2v) is 6.25. The molecule has 0 atom stereocenters. The number of benzene rings is 2. The summed E-state index contributed by atoms with van der Waals surface area (Å²) in [6, 6.07) is 9.91. The number of carbonyl (C=O) groups is 1. The topological polar surface area (TPSA) is 72.2 Å². The Morgan fingerprint density at radius 3 is 2.71 bits per heavy atom. The van der Waals surface area contributed by atoms with Crippen LogP contribution in [0.2, 0.25) is 0 Å². The van der Waals surface area contributed by atoms with Gasteiger partial charge in [0.2, 0.25) is 0 Å². The maximum Gasteiger partial charge on any atom is 0.285 e. The molecule has 21 heavy (non-hydrogen) atoms. The summed E-state index contributed by atoms with van der Waals surface area (Å²) in [5.41, 5.74) is 1.84. The van der Waals surface area contributed by atoms with Crippen LogP contribution in [0, 0.1) is 20.6 Å². The smallest absolute Gasteiger partial charge is 0.285 e. The van der Waals surface area contributed by atoms with E-state index in [4.69, 9.17) is 0 Å². The first-order valence-electron chi connectivity index (χ1n) is 5.90. The summed E-state index contributed by atoms with van der Waals surface area (Å²) in [4.78, 5) is 22.6. The highest BCUT2D eigenvalue weighted by Crippen LogP contribution is 2.28. The van der Waals surface area contributed by atoms with E-state index < -0.39 is 4.92 Å². The Morgan fingerprint density at radius 2 is 2.05 bits per heavy atom. The summed E-state index contributed by atoms with van der Waals surface area (Å²) >= 11 is 5.22. The SMILES string of the molecule is Cc1cccc(C(=O)Nc2ccc(Br)c([N+](=O)[O-])c2)c1I. The van der Waals surface area contributed by atoms with E-state index in [0.717, 1.165) is 9.13 Å². The third kappa shape index (κ3) is 3.59. The Kier molecular flexibility index (Phi) is 4.94. The maximum atomic E-state index is 12.3. The molecule has 2 aromatic rings. The number of nitrogens with one attached hydrogen (secondary N) is 1. The number of rotatable bonds is 3. The molecule has 0 aliphatic heterocycles. The average Bonchev–Trinajstić information content (AvgIpc) is 2.43. The molecule has 0 saturated carbocycles. The van der Waals surface area contributed by atoms with Gasteiger partial charge in [0.15, 0.2) is 0 Å². The Bertz CT molecular complexity index is 734. The minimum absolute atomic E-state index is 0.0910. The van der Waals surface area contributed by atoms with Gasteiger partial charge in [0.1, 0.15) is 0 Å². The van der Waals surface area contributed by atoms with Crippen molar-refractivity contribution in [2.45, 2.75) is 6.92 Å². The molecule has 0 radical (unpaired) electrons. The molecular weight excluding hydrogens is 451 g/mol. The molecule has 0 unspecified atom stereocenters. The predicted octanol–water partition coefficient (Wildman–Crippen LogP) is 4.52. The molecule has 2 aromatic carbocycles. The van der Waals surface area contributed by atoms with E-state index in [1.807, 2.05) is 13.0 Å². The van der Waals surface area contributed by atoms with Crippen LogP contribution in [0.4, 0.5) is 11.4 Å². The lowest BCUT2D eigenvalue weighted by Crippen LogP contribution is -2.14. The van der Waals surface area contributed by atoms with Crippen LogP contribution >= 0.6 is 38.5 Å². The maximum absolute atomic E-state index is 12.3. The van der Waals surface area contributed by atoms with E-state index in [1.165, 1.54) is 12.1 Å². The number of hydrogen-bond acceptors (Lipinski definition) is 3. The minimum Gasteiger partial charge on any atom is -0.322 e. The second kappa shape index (κ2) is 6.52. The molecule has 0 aliphatic rings. The number of carbonyl (C=O) groups excluding carboxylic acids is 1. The highest BCUT2D eigenvalue weighted by Gasteiger charge is 2.15. The molecular formula is C14H10BrIN2O3. The van der Waals surface area contributed by atoms with Crippen molar-refractivity contribution in [1.82, 2.24) is 0 Å². The third-order valence-corrected chi connectivity index (χ3v) is 4.94. The molecule has 2 rings (SSSR count). The number of nitro groups is 1. The molecule has 7 heteroatoms. The van der Waals surface area contributed by atoms with Crippen molar-refractivity contribution in [3.8, 4) is 0 Å². The zero-order chi connectivity index (χ0) is 15.6. The largest absolute Gasteiger partial charge is 0.322 e. The third-order valence-electron chi connectivity index (χ3n) is 2.84. The highest BCUT2D eigenvalue weighted by atomic mass is 127. The number of hydrogen-bond donors (Lipinski definition) is 1. The van der Waals surface area contributed by atoms with E-state index in [-0.39, 0.29) is 11.6 Å². The summed E-state index contributed by atoms with van der Waals surface area (Å²) in [5, 5.41) is 13.6. The number of aryl methyl sites for hydroxylation is 1. The molecule has 108 valence electrons. The van der Waals surface area contributed by atoms with Crippen LogP contribution in [0.1, 0.15) is 15.9 Å². The molecule has 5 nitrogen and oxygen atoms in total. The lowest BCUT2D eigenvalue weighted by atomic mass is 10.1. The lowest BCUT2D eigenvalue weighted by Gasteiger charge is -2.08. The van der Waals surface area contributed by atoms with Crippen LogP contribution in [0.3, 0.4) is 0 Å². The number of nitrogens with zero attached hydrogens (tertiary/aromatic N) is 1. The van der Waals surface area contributed by atoms with Gasteiger partial charge in [-0.05, 0) is 69.2 Å². The predicted molar refractivity (Wildman–Crippen MR) is 92.6 cm³/mol. The Morgan fingerprint density at radius 1 is 1.33 bits per heavy atom. The van der Waals surface area contributed by atoms with Crippen molar-refractivity contribution >= 4 is 55.8 Å². The average molecular weight is 461 g/mol. The second-order valence-electron chi connectivity index (χ2n) is 4.31. The van der Waals surface area contributed by atoms with Gasteiger partial charge < -0.3 is 5.32 Å². The molecule has 0 aliphatic carbocycles. The van der Waals surface area contributed by atoms with Gasteiger partial charge in [-0.2, -0.15) is 0 Å². The fourth-order valence-corrected chi connectivity index (χ4v) is 2.75. The summed E-state index contributed by atoms with van der Waals surface area (Å²) in [5.74, 6) is -0.292. The summed E-state index contributed by atoms with van der Waals surface area (Å²) < 4.78 is 1.23. The number of halogens is 2. The fourth-order valence-electron chi connectivity index (χ4n) is 1.75. The summed E-state index contributed by atoms with van der Waals surface area (Å²) in [6.07, 6.45) is 0.